The fraction of sp³-hybridized carbons (Fsp3) is 0.286. The highest BCUT2D eigenvalue weighted by molar-refractivity contribution is 8.04. The molecule has 4 rings (SSSR count). The van der Waals surface area contributed by atoms with E-state index >= 15 is 0 Å². The predicted octanol–water partition coefficient (Wildman–Crippen LogP) is 5.65. The van der Waals surface area contributed by atoms with Gasteiger partial charge in [-0.05, 0) is 47.4 Å². The fourth-order valence-electron chi connectivity index (χ4n) is 3.74. The van der Waals surface area contributed by atoms with Crippen molar-refractivity contribution in [3.05, 3.63) is 87.6 Å². The number of pyridine rings is 1. The lowest BCUT2D eigenvalue weighted by Gasteiger charge is -2.47. The first-order valence-corrected chi connectivity index (χ1v) is 9.65. The van der Waals surface area contributed by atoms with Gasteiger partial charge in [0.25, 0.3) is 0 Å². The van der Waals surface area contributed by atoms with Crippen molar-refractivity contribution in [1.82, 2.24) is 4.98 Å². The van der Waals surface area contributed by atoms with Gasteiger partial charge in [-0.15, -0.1) is 11.8 Å². The van der Waals surface area contributed by atoms with Crippen LogP contribution in [0.3, 0.4) is 0 Å². The van der Waals surface area contributed by atoms with Crippen LogP contribution < -0.4 is 0 Å². The molecule has 0 amide bonds. The fourth-order valence-corrected chi connectivity index (χ4v) is 5.16. The quantitative estimate of drug-likeness (QED) is 0.742. The number of halogens is 1. The normalized spacial score (nSPS) is 27.4. The first-order valence-electron chi connectivity index (χ1n) is 8.40. The van der Waals surface area contributed by atoms with Crippen LogP contribution in [-0.4, -0.2) is 10.1 Å². The smallest absolute Gasteiger partial charge is 0.121 e. The summed E-state index contributed by atoms with van der Waals surface area (Å²) in [5.74, 6) is 0. The molecule has 4 heteroatoms. The highest BCUT2D eigenvalue weighted by Gasteiger charge is 2.52. The molecule has 0 saturated heterocycles. The molecule has 0 bridgehead atoms. The van der Waals surface area contributed by atoms with Crippen LogP contribution in [0.5, 0.6) is 0 Å². The summed E-state index contributed by atoms with van der Waals surface area (Å²) in [6.45, 7) is 4.25. The molecular weight excluding hydrogens is 350 g/mol. The van der Waals surface area contributed by atoms with Crippen molar-refractivity contribution in [1.29, 1.82) is 0 Å². The van der Waals surface area contributed by atoms with Crippen molar-refractivity contribution >= 4 is 23.4 Å². The van der Waals surface area contributed by atoms with E-state index in [9.17, 15) is 5.11 Å². The zero-order chi connectivity index (χ0) is 17.7. The molecule has 1 aromatic heterocycles. The maximum atomic E-state index is 11.9. The van der Waals surface area contributed by atoms with Crippen molar-refractivity contribution in [2.45, 2.75) is 31.1 Å². The minimum atomic E-state index is -1.03. The van der Waals surface area contributed by atoms with E-state index in [4.69, 9.17) is 11.6 Å². The molecule has 2 nitrogen and oxygen atoms in total. The average Bonchev–Trinajstić information content (AvgIpc) is 3.05. The lowest BCUT2D eigenvalue weighted by atomic mass is 9.62. The molecule has 2 aliphatic rings. The van der Waals surface area contributed by atoms with E-state index in [2.05, 4.69) is 31.0 Å². The third-order valence-corrected chi connectivity index (χ3v) is 6.86. The van der Waals surface area contributed by atoms with Gasteiger partial charge in [-0.25, -0.2) is 0 Å². The minimum Gasteiger partial charge on any atom is -0.380 e. The summed E-state index contributed by atoms with van der Waals surface area (Å²) in [4.78, 5) is 5.29. The number of benzene rings is 1. The molecule has 0 spiro atoms. The van der Waals surface area contributed by atoms with E-state index < -0.39 is 5.60 Å². The minimum absolute atomic E-state index is 0.206. The summed E-state index contributed by atoms with van der Waals surface area (Å²) in [6.07, 6.45) is 8.94. The van der Waals surface area contributed by atoms with Crippen LogP contribution in [0.1, 0.15) is 36.6 Å². The third-order valence-electron chi connectivity index (χ3n) is 5.30. The van der Waals surface area contributed by atoms with Gasteiger partial charge in [0.1, 0.15) is 5.60 Å². The van der Waals surface area contributed by atoms with E-state index in [0.29, 0.717) is 5.02 Å². The van der Waals surface area contributed by atoms with E-state index in [1.54, 1.807) is 11.8 Å². The molecule has 2 heterocycles. The van der Waals surface area contributed by atoms with Crippen LogP contribution in [0.15, 0.2) is 71.4 Å². The molecule has 128 valence electrons. The molecule has 1 aliphatic heterocycles. The zero-order valence-corrected chi connectivity index (χ0v) is 15.8. The molecular formula is C21H20ClNOS. The van der Waals surface area contributed by atoms with Gasteiger partial charge in [0.15, 0.2) is 0 Å². The van der Waals surface area contributed by atoms with E-state index in [0.717, 1.165) is 17.6 Å². The first kappa shape index (κ1) is 16.9. The molecule has 1 aromatic carbocycles. The Morgan fingerprint density at radius 3 is 2.48 bits per heavy atom. The van der Waals surface area contributed by atoms with Crippen molar-refractivity contribution in [3.63, 3.8) is 0 Å². The number of fused-ring (bicyclic) bond motifs is 1. The second kappa shape index (κ2) is 6.01. The van der Waals surface area contributed by atoms with Crippen LogP contribution in [-0.2, 0) is 5.60 Å². The molecule has 25 heavy (non-hydrogen) atoms. The molecule has 2 atom stereocenters. The third kappa shape index (κ3) is 2.66. The Labute approximate surface area is 157 Å². The second-order valence-electron chi connectivity index (χ2n) is 7.27. The highest BCUT2D eigenvalue weighted by Crippen LogP contribution is 2.60. The number of aliphatic hydroxyl groups is 1. The standard InChI is InChI=1S/C21H20ClNOS/c1-20(2)10-7-18-17(13-19(25-18)14-8-11-23-12-9-14)21(20,24)15-3-5-16(22)6-4-15/h3-9,11-13,19,24H,10H2,1-2H3. The molecule has 0 fully saturated rings. The van der Waals surface area contributed by atoms with Gasteiger partial charge in [-0.2, -0.15) is 0 Å². The zero-order valence-electron chi connectivity index (χ0n) is 14.2. The number of thioether (sulfide) groups is 1. The first-order chi connectivity index (χ1) is 11.9. The van der Waals surface area contributed by atoms with Gasteiger partial charge in [-0.3, -0.25) is 4.98 Å². The van der Waals surface area contributed by atoms with Gasteiger partial charge in [0, 0.05) is 27.7 Å². The lowest BCUT2D eigenvalue weighted by molar-refractivity contribution is -0.0400. The summed E-state index contributed by atoms with van der Waals surface area (Å²) < 4.78 is 0. The van der Waals surface area contributed by atoms with Crippen molar-refractivity contribution in [2.75, 3.05) is 0 Å². The van der Waals surface area contributed by atoms with Crippen LogP contribution >= 0.6 is 23.4 Å². The highest BCUT2D eigenvalue weighted by atomic mass is 35.5. The van der Waals surface area contributed by atoms with Crippen LogP contribution in [0.4, 0.5) is 0 Å². The van der Waals surface area contributed by atoms with Crippen LogP contribution in [0.25, 0.3) is 0 Å². The number of hydrogen-bond acceptors (Lipinski definition) is 3. The monoisotopic (exact) mass is 369 g/mol. The Bertz CT molecular complexity index is 857. The second-order valence-corrected chi connectivity index (χ2v) is 8.89. The van der Waals surface area contributed by atoms with Crippen molar-refractivity contribution in [3.8, 4) is 0 Å². The van der Waals surface area contributed by atoms with Gasteiger partial charge in [-0.1, -0.05) is 49.7 Å². The predicted molar refractivity (Wildman–Crippen MR) is 104 cm³/mol. The van der Waals surface area contributed by atoms with E-state index in [-0.39, 0.29) is 10.7 Å². The van der Waals surface area contributed by atoms with E-state index in [1.807, 2.05) is 48.8 Å². The van der Waals surface area contributed by atoms with Crippen molar-refractivity contribution in [2.24, 2.45) is 5.41 Å². The van der Waals surface area contributed by atoms with E-state index in [1.165, 1.54) is 10.5 Å². The number of aromatic nitrogens is 1. The molecule has 0 saturated carbocycles. The Balaban J connectivity index is 1.84. The molecule has 0 radical (unpaired) electrons. The Morgan fingerprint density at radius 1 is 1.12 bits per heavy atom. The Morgan fingerprint density at radius 2 is 1.80 bits per heavy atom. The number of allylic oxidation sites excluding steroid dienone is 1. The summed E-state index contributed by atoms with van der Waals surface area (Å²) in [5, 5.41) is 12.8. The van der Waals surface area contributed by atoms with Crippen LogP contribution in [0.2, 0.25) is 5.02 Å². The SMILES string of the molecule is CC1(C)CC=C2SC(c3ccncc3)C=C2C1(O)c1ccc(Cl)cc1. The number of rotatable bonds is 2. The average molecular weight is 370 g/mol. The van der Waals surface area contributed by atoms with Crippen LogP contribution in [0, 0.1) is 5.41 Å². The molecule has 2 unspecified atom stereocenters. The Hall–Kier alpha value is -1.55. The molecule has 1 N–H and O–H groups in total. The lowest BCUT2D eigenvalue weighted by Crippen LogP contribution is -2.45. The maximum absolute atomic E-state index is 11.9. The largest absolute Gasteiger partial charge is 0.380 e. The summed E-state index contributed by atoms with van der Waals surface area (Å²) in [7, 11) is 0. The number of nitrogens with zero attached hydrogens (tertiary/aromatic N) is 1. The maximum Gasteiger partial charge on any atom is 0.121 e. The number of hydrogen-bond donors (Lipinski definition) is 1. The van der Waals surface area contributed by atoms with Crippen molar-refractivity contribution < 1.29 is 5.11 Å². The summed E-state index contributed by atoms with van der Waals surface area (Å²) >= 11 is 7.87. The summed E-state index contributed by atoms with van der Waals surface area (Å²) in [5.41, 5.74) is 1.78. The van der Waals surface area contributed by atoms with Gasteiger partial charge >= 0.3 is 0 Å². The topological polar surface area (TPSA) is 33.1 Å². The van der Waals surface area contributed by atoms with Gasteiger partial charge < -0.3 is 5.11 Å². The summed E-state index contributed by atoms with van der Waals surface area (Å²) in [6, 6.07) is 11.7. The Kier molecular flexibility index (Phi) is 4.06. The molecule has 2 aromatic rings. The van der Waals surface area contributed by atoms with Gasteiger partial charge in [0.05, 0.1) is 5.25 Å². The molecule has 1 aliphatic carbocycles. The van der Waals surface area contributed by atoms with Gasteiger partial charge in [0.2, 0.25) is 0 Å².